The molecule has 0 saturated heterocycles. The minimum absolute atomic E-state index is 0.140. The van der Waals surface area contributed by atoms with Crippen LogP contribution in [0.4, 0.5) is 4.39 Å². The van der Waals surface area contributed by atoms with E-state index in [0.717, 1.165) is 32.1 Å². The van der Waals surface area contributed by atoms with Crippen molar-refractivity contribution in [3.63, 3.8) is 0 Å². The zero-order valence-electron chi connectivity index (χ0n) is 19.7. The van der Waals surface area contributed by atoms with Gasteiger partial charge in [-0.25, -0.2) is 4.39 Å². The van der Waals surface area contributed by atoms with Gasteiger partial charge in [0.2, 0.25) is 5.78 Å². The highest BCUT2D eigenvalue weighted by atomic mass is 32.2. The maximum atomic E-state index is 14.2. The molecule has 1 fully saturated rings. The summed E-state index contributed by atoms with van der Waals surface area (Å²) >= 11 is 1.35. The van der Waals surface area contributed by atoms with Gasteiger partial charge in [-0.2, -0.15) is 0 Å². The van der Waals surface area contributed by atoms with Crippen molar-refractivity contribution >= 4 is 34.3 Å². The van der Waals surface area contributed by atoms with Crippen LogP contribution in [-0.2, 0) is 12.3 Å². The quantitative estimate of drug-likeness (QED) is 0.369. The number of carbonyl (C=O) groups excluding carboxylic acids is 1. The Morgan fingerprint density at radius 2 is 1.94 bits per heavy atom. The molecule has 35 heavy (non-hydrogen) atoms. The number of carbonyl (C=O) groups is 1. The first-order valence-corrected chi connectivity index (χ1v) is 13.1. The van der Waals surface area contributed by atoms with Gasteiger partial charge in [-0.1, -0.05) is 56.1 Å². The zero-order chi connectivity index (χ0) is 24.4. The highest BCUT2D eigenvalue weighted by molar-refractivity contribution is 7.98. The van der Waals surface area contributed by atoms with Crippen LogP contribution in [0.1, 0.15) is 61.4 Å². The molecule has 4 aromatic rings. The lowest BCUT2D eigenvalue weighted by atomic mass is 9.95. The molecule has 1 amide bonds. The van der Waals surface area contributed by atoms with E-state index in [4.69, 9.17) is 0 Å². The van der Waals surface area contributed by atoms with Crippen LogP contribution >= 0.6 is 11.8 Å². The van der Waals surface area contributed by atoms with Gasteiger partial charge in [0.25, 0.3) is 11.5 Å². The third-order valence-electron chi connectivity index (χ3n) is 6.54. The number of fused-ring (bicyclic) bond motifs is 3. The van der Waals surface area contributed by atoms with Gasteiger partial charge in [0.05, 0.1) is 10.9 Å². The second-order valence-corrected chi connectivity index (χ2v) is 9.94. The standard InChI is InChI=1S/C26H28FN5O2S/c1-2-14-31-24(34)20-13-12-17(23(33)28-19-9-4-3-5-10-19)15-22(20)32-25(31)29-30-26(32)35-16-18-8-6-7-11-21(18)27/h6-8,11-13,15,19H,2-5,9-10,14,16H2,1H3,(H,28,33). The summed E-state index contributed by atoms with van der Waals surface area (Å²) in [7, 11) is 0. The van der Waals surface area contributed by atoms with Crippen molar-refractivity contribution in [2.75, 3.05) is 0 Å². The van der Waals surface area contributed by atoms with E-state index in [1.54, 1.807) is 41.0 Å². The van der Waals surface area contributed by atoms with Crippen molar-refractivity contribution in [2.24, 2.45) is 0 Å². The number of rotatable bonds is 7. The predicted molar refractivity (Wildman–Crippen MR) is 135 cm³/mol. The molecule has 2 heterocycles. The lowest BCUT2D eigenvalue weighted by Crippen LogP contribution is -2.36. The Morgan fingerprint density at radius 3 is 2.71 bits per heavy atom. The van der Waals surface area contributed by atoms with Gasteiger partial charge in [-0.15, -0.1) is 10.2 Å². The number of benzene rings is 2. The number of nitrogens with one attached hydrogen (secondary N) is 1. The Labute approximate surface area is 206 Å². The summed E-state index contributed by atoms with van der Waals surface area (Å²) in [5.41, 5.74) is 1.48. The van der Waals surface area contributed by atoms with E-state index in [1.807, 2.05) is 11.3 Å². The van der Waals surface area contributed by atoms with Crippen LogP contribution in [0.5, 0.6) is 0 Å². The van der Waals surface area contributed by atoms with Crippen LogP contribution in [0, 0.1) is 5.82 Å². The lowest BCUT2D eigenvalue weighted by molar-refractivity contribution is 0.0928. The summed E-state index contributed by atoms with van der Waals surface area (Å²) in [6.45, 7) is 2.49. The molecule has 2 aromatic heterocycles. The number of nitrogens with zero attached hydrogens (tertiary/aromatic N) is 4. The Balaban J connectivity index is 1.58. The minimum Gasteiger partial charge on any atom is -0.349 e. The van der Waals surface area contributed by atoms with E-state index in [9.17, 15) is 14.0 Å². The van der Waals surface area contributed by atoms with Crippen molar-refractivity contribution in [3.8, 4) is 0 Å². The largest absolute Gasteiger partial charge is 0.349 e. The van der Waals surface area contributed by atoms with Crippen LogP contribution < -0.4 is 10.9 Å². The fourth-order valence-electron chi connectivity index (χ4n) is 4.71. The van der Waals surface area contributed by atoms with Crippen LogP contribution in [0.2, 0.25) is 0 Å². The second kappa shape index (κ2) is 10.2. The summed E-state index contributed by atoms with van der Waals surface area (Å²) in [6, 6.07) is 12.0. The van der Waals surface area contributed by atoms with Crippen LogP contribution in [-0.4, -0.2) is 31.1 Å². The van der Waals surface area contributed by atoms with Crippen molar-refractivity contribution in [3.05, 3.63) is 69.8 Å². The first kappa shape index (κ1) is 23.5. The average Bonchev–Trinajstić information content (AvgIpc) is 3.30. The number of thioether (sulfide) groups is 1. The number of halogens is 1. The third-order valence-corrected chi connectivity index (χ3v) is 7.51. The molecular weight excluding hydrogens is 465 g/mol. The molecule has 9 heteroatoms. The van der Waals surface area contributed by atoms with Crippen LogP contribution in [0.15, 0.2) is 52.4 Å². The molecule has 1 aliphatic rings. The Hall–Kier alpha value is -3.20. The van der Waals surface area contributed by atoms with E-state index in [2.05, 4.69) is 15.5 Å². The Kier molecular flexibility index (Phi) is 6.86. The van der Waals surface area contributed by atoms with E-state index < -0.39 is 0 Å². The molecule has 0 unspecified atom stereocenters. The number of hydrogen-bond donors (Lipinski definition) is 1. The first-order valence-electron chi connectivity index (χ1n) is 12.2. The highest BCUT2D eigenvalue weighted by Gasteiger charge is 2.20. The van der Waals surface area contributed by atoms with Crippen LogP contribution in [0.25, 0.3) is 16.7 Å². The molecule has 1 N–H and O–H groups in total. The number of aryl methyl sites for hydroxylation is 1. The van der Waals surface area contributed by atoms with Gasteiger partial charge in [0.15, 0.2) is 5.16 Å². The van der Waals surface area contributed by atoms with Crippen LogP contribution in [0.3, 0.4) is 0 Å². The predicted octanol–water partition coefficient (Wildman–Crippen LogP) is 4.95. The molecule has 0 radical (unpaired) electrons. The minimum atomic E-state index is -0.275. The maximum absolute atomic E-state index is 14.2. The topological polar surface area (TPSA) is 81.3 Å². The first-order chi connectivity index (χ1) is 17.1. The van der Waals surface area contributed by atoms with E-state index in [-0.39, 0.29) is 23.3 Å². The van der Waals surface area contributed by atoms with Gasteiger partial charge < -0.3 is 5.32 Å². The summed E-state index contributed by atoms with van der Waals surface area (Å²) in [4.78, 5) is 26.3. The molecule has 0 bridgehead atoms. The molecule has 0 spiro atoms. The van der Waals surface area contributed by atoms with E-state index in [1.165, 1.54) is 24.2 Å². The maximum Gasteiger partial charge on any atom is 0.262 e. The molecule has 5 rings (SSSR count). The fourth-order valence-corrected chi connectivity index (χ4v) is 5.64. The summed E-state index contributed by atoms with van der Waals surface area (Å²) in [5, 5.41) is 12.8. The normalized spacial score (nSPS) is 14.6. The van der Waals surface area contributed by atoms with Crippen molar-refractivity contribution in [2.45, 2.75) is 68.9 Å². The molecule has 2 aromatic carbocycles. The fraction of sp³-hybridized carbons (Fsp3) is 0.385. The molecular formula is C26H28FN5O2S. The SMILES string of the molecule is CCCn1c(=O)c2ccc(C(=O)NC3CCCCC3)cc2n2c(SCc3ccccc3F)nnc12. The smallest absolute Gasteiger partial charge is 0.262 e. The molecule has 7 nitrogen and oxygen atoms in total. The highest BCUT2D eigenvalue weighted by Crippen LogP contribution is 2.26. The molecule has 182 valence electrons. The monoisotopic (exact) mass is 493 g/mol. The Bertz CT molecular complexity index is 1440. The third kappa shape index (κ3) is 4.69. The molecule has 1 saturated carbocycles. The van der Waals surface area contributed by atoms with Crippen molar-refractivity contribution in [1.82, 2.24) is 24.5 Å². The van der Waals surface area contributed by atoms with Crippen molar-refractivity contribution < 1.29 is 9.18 Å². The average molecular weight is 494 g/mol. The van der Waals surface area contributed by atoms with Gasteiger partial charge in [-0.3, -0.25) is 18.6 Å². The van der Waals surface area contributed by atoms with E-state index in [0.29, 0.717) is 45.3 Å². The lowest BCUT2D eigenvalue weighted by Gasteiger charge is -2.22. The number of amides is 1. The number of aromatic nitrogens is 4. The molecule has 0 atom stereocenters. The van der Waals surface area contributed by atoms with Crippen molar-refractivity contribution in [1.29, 1.82) is 0 Å². The van der Waals surface area contributed by atoms with Gasteiger partial charge in [-0.05, 0) is 49.1 Å². The molecule has 0 aliphatic heterocycles. The summed E-state index contributed by atoms with van der Waals surface area (Å²) in [5.74, 6) is 0.371. The van der Waals surface area contributed by atoms with E-state index >= 15 is 0 Å². The van der Waals surface area contributed by atoms with Gasteiger partial charge in [0.1, 0.15) is 5.82 Å². The summed E-state index contributed by atoms with van der Waals surface area (Å²) < 4.78 is 17.6. The van der Waals surface area contributed by atoms with Gasteiger partial charge in [0, 0.05) is 23.9 Å². The second-order valence-electron chi connectivity index (χ2n) is 9.00. The van der Waals surface area contributed by atoms with Gasteiger partial charge >= 0.3 is 0 Å². The number of hydrogen-bond acceptors (Lipinski definition) is 5. The molecule has 1 aliphatic carbocycles. The Morgan fingerprint density at radius 1 is 1.14 bits per heavy atom. The summed E-state index contributed by atoms with van der Waals surface area (Å²) in [6.07, 6.45) is 6.22. The zero-order valence-corrected chi connectivity index (χ0v) is 20.5.